The number of carbonyl (C=O) groups excluding carboxylic acids is 1. The lowest BCUT2D eigenvalue weighted by molar-refractivity contribution is 0.101. The second-order valence-corrected chi connectivity index (χ2v) is 4.63. The van der Waals surface area contributed by atoms with E-state index in [1.165, 1.54) is 25.3 Å². The predicted molar refractivity (Wildman–Crippen MR) is 68.4 cm³/mol. The van der Waals surface area contributed by atoms with E-state index < -0.39 is 11.6 Å². The Hall–Kier alpha value is -1.82. The van der Waals surface area contributed by atoms with Crippen LogP contribution in [0.4, 0.5) is 8.78 Å². The average Bonchev–Trinajstić information content (AvgIpc) is 2.35. The van der Waals surface area contributed by atoms with Crippen molar-refractivity contribution in [3.63, 3.8) is 0 Å². The van der Waals surface area contributed by atoms with Crippen molar-refractivity contribution >= 4 is 21.7 Å². The minimum absolute atomic E-state index is 0.0635. The fourth-order valence-corrected chi connectivity index (χ4v) is 1.86. The van der Waals surface area contributed by atoms with Gasteiger partial charge in [-0.2, -0.15) is 4.39 Å². The summed E-state index contributed by atoms with van der Waals surface area (Å²) in [6.07, 6.45) is 1.40. The Morgan fingerprint density at radius 3 is 2.79 bits per heavy atom. The van der Waals surface area contributed by atoms with E-state index in [9.17, 15) is 13.6 Å². The third-order valence-corrected chi connectivity index (χ3v) is 2.77. The zero-order chi connectivity index (χ0) is 14.0. The van der Waals surface area contributed by atoms with Gasteiger partial charge in [0.25, 0.3) is 0 Å². The molecule has 19 heavy (non-hydrogen) atoms. The van der Waals surface area contributed by atoms with Crippen molar-refractivity contribution in [3.05, 3.63) is 52.1 Å². The molecule has 98 valence electrons. The number of ether oxygens (including phenoxy) is 1. The van der Waals surface area contributed by atoms with E-state index in [1.807, 2.05) is 0 Å². The lowest BCUT2D eigenvalue weighted by Crippen LogP contribution is -2.00. The number of ketones is 1. The Morgan fingerprint density at radius 1 is 1.37 bits per heavy atom. The van der Waals surface area contributed by atoms with Gasteiger partial charge in [0, 0.05) is 10.7 Å². The maximum atomic E-state index is 13.6. The molecule has 1 aromatic heterocycles. The molecular formula is C13H8BrF2NO2. The zero-order valence-corrected chi connectivity index (χ0v) is 11.4. The highest BCUT2D eigenvalue weighted by atomic mass is 79.9. The number of nitrogens with zero attached hydrogens (tertiary/aromatic N) is 1. The van der Waals surface area contributed by atoms with Crippen LogP contribution in [0.2, 0.25) is 0 Å². The third kappa shape index (κ3) is 2.96. The van der Waals surface area contributed by atoms with Crippen LogP contribution in [0.5, 0.6) is 11.6 Å². The summed E-state index contributed by atoms with van der Waals surface area (Å²) in [7, 11) is 0. The molecule has 0 aliphatic carbocycles. The summed E-state index contributed by atoms with van der Waals surface area (Å²) in [6, 6.07) is 5.29. The van der Waals surface area contributed by atoms with Gasteiger partial charge in [-0.25, -0.2) is 9.37 Å². The number of aromatic nitrogens is 1. The van der Waals surface area contributed by atoms with E-state index in [2.05, 4.69) is 20.9 Å². The highest BCUT2D eigenvalue weighted by Gasteiger charge is 2.16. The van der Waals surface area contributed by atoms with Gasteiger partial charge in [0.2, 0.25) is 11.7 Å². The predicted octanol–water partition coefficient (Wildman–Crippen LogP) is 4.12. The van der Waals surface area contributed by atoms with Crippen LogP contribution in [0.1, 0.15) is 17.3 Å². The Kier molecular flexibility index (Phi) is 3.90. The van der Waals surface area contributed by atoms with Crippen molar-refractivity contribution in [1.29, 1.82) is 0 Å². The molecule has 0 aliphatic rings. The maximum absolute atomic E-state index is 13.6. The number of hydrogen-bond acceptors (Lipinski definition) is 3. The largest absolute Gasteiger partial charge is 0.435 e. The smallest absolute Gasteiger partial charge is 0.230 e. The molecule has 3 nitrogen and oxygen atoms in total. The second kappa shape index (κ2) is 5.44. The molecule has 0 unspecified atom stereocenters. The van der Waals surface area contributed by atoms with Crippen molar-refractivity contribution in [2.24, 2.45) is 0 Å². The Labute approximate surface area is 116 Å². The molecule has 0 aliphatic heterocycles. The minimum atomic E-state index is -1.14. The fourth-order valence-electron chi connectivity index (χ4n) is 1.45. The summed E-state index contributed by atoms with van der Waals surface area (Å²) in [5.41, 5.74) is 0.197. The van der Waals surface area contributed by atoms with Crippen LogP contribution in [-0.2, 0) is 0 Å². The van der Waals surface area contributed by atoms with E-state index in [0.717, 1.165) is 6.07 Å². The van der Waals surface area contributed by atoms with Gasteiger partial charge in [-0.15, -0.1) is 0 Å². The van der Waals surface area contributed by atoms with Gasteiger partial charge in [0.1, 0.15) is 0 Å². The van der Waals surface area contributed by atoms with Crippen LogP contribution in [-0.4, -0.2) is 10.8 Å². The molecule has 0 bridgehead atoms. The monoisotopic (exact) mass is 327 g/mol. The molecule has 2 rings (SSSR count). The number of benzene rings is 1. The lowest BCUT2D eigenvalue weighted by Gasteiger charge is -2.09. The highest BCUT2D eigenvalue weighted by Crippen LogP contribution is 2.30. The molecule has 0 spiro atoms. The Bertz CT molecular complexity index is 647. The number of rotatable bonds is 3. The first-order valence-corrected chi connectivity index (χ1v) is 6.06. The normalized spacial score (nSPS) is 10.3. The van der Waals surface area contributed by atoms with Crippen molar-refractivity contribution in [2.45, 2.75) is 6.92 Å². The fraction of sp³-hybridized carbons (Fsp3) is 0.0769. The van der Waals surface area contributed by atoms with Gasteiger partial charge >= 0.3 is 0 Å². The molecule has 0 amide bonds. The summed E-state index contributed by atoms with van der Waals surface area (Å²) < 4.78 is 32.3. The molecule has 0 radical (unpaired) electrons. The van der Waals surface area contributed by atoms with Gasteiger partial charge in [0.05, 0.1) is 5.56 Å². The van der Waals surface area contributed by atoms with Crippen LogP contribution in [0, 0.1) is 11.6 Å². The summed E-state index contributed by atoms with van der Waals surface area (Å²) in [6.45, 7) is 1.34. The molecule has 2 aromatic rings. The summed E-state index contributed by atoms with van der Waals surface area (Å²) in [5, 5.41) is 0. The van der Waals surface area contributed by atoms with Crippen LogP contribution in [0.25, 0.3) is 0 Å². The van der Waals surface area contributed by atoms with Gasteiger partial charge in [-0.3, -0.25) is 4.79 Å². The third-order valence-electron chi connectivity index (χ3n) is 2.32. The SMILES string of the molecule is CC(=O)c1cccnc1Oc1cc(Br)cc(F)c1F. The molecule has 0 saturated heterocycles. The van der Waals surface area contributed by atoms with E-state index in [-0.39, 0.29) is 23.0 Å². The maximum Gasteiger partial charge on any atom is 0.230 e. The number of pyridine rings is 1. The summed E-state index contributed by atoms with van der Waals surface area (Å²) in [4.78, 5) is 15.2. The highest BCUT2D eigenvalue weighted by molar-refractivity contribution is 9.10. The first kappa shape index (κ1) is 13.6. The average molecular weight is 328 g/mol. The van der Waals surface area contributed by atoms with E-state index >= 15 is 0 Å². The van der Waals surface area contributed by atoms with Gasteiger partial charge < -0.3 is 4.74 Å². The van der Waals surface area contributed by atoms with Crippen molar-refractivity contribution in [1.82, 2.24) is 4.98 Å². The van der Waals surface area contributed by atoms with Crippen LogP contribution < -0.4 is 4.74 Å². The van der Waals surface area contributed by atoms with Gasteiger partial charge in [-0.1, -0.05) is 15.9 Å². The minimum Gasteiger partial charge on any atom is -0.435 e. The molecule has 0 atom stereocenters. The standard InChI is InChI=1S/C13H8BrF2NO2/c1-7(18)9-3-2-4-17-13(9)19-11-6-8(14)5-10(15)12(11)16/h2-6H,1H3. The first-order chi connectivity index (χ1) is 8.99. The number of hydrogen-bond donors (Lipinski definition) is 0. The van der Waals surface area contributed by atoms with Gasteiger partial charge in [-0.05, 0) is 31.2 Å². The molecule has 1 heterocycles. The Morgan fingerprint density at radius 2 is 2.11 bits per heavy atom. The van der Waals surface area contributed by atoms with Crippen molar-refractivity contribution in [3.8, 4) is 11.6 Å². The quantitative estimate of drug-likeness (QED) is 0.628. The number of Topliss-reactive ketones (excluding diaryl/α,β-unsaturated/α-hetero) is 1. The van der Waals surface area contributed by atoms with Gasteiger partial charge in [0.15, 0.2) is 17.3 Å². The van der Waals surface area contributed by atoms with E-state index in [4.69, 9.17) is 4.74 Å². The van der Waals surface area contributed by atoms with Crippen LogP contribution in [0.3, 0.4) is 0 Å². The summed E-state index contributed by atoms with van der Waals surface area (Å²) in [5.74, 6) is -2.87. The van der Waals surface area contributed by atoms with Crippen molar-refractivity contribution in [2.75, 3.05) is 0 Å². The van der Waals surface area contributed by atoms with Crippen LogP contribution in [0.15, 0.2) is 34.9 Å². The topological polar surface area (TPSA) is 39.2 Å². The summed E-state index contributed by atoms with van der Waals surface area (Å²) >= 11 is 3.03. The molecule has 0 fully saturated rings. The number of carbonyl (C=O) groups is 1. The van der Waals surface area contributed by atoms with E-state index in [1.54, 1.807) is 6.07 Å². The lowest BCUT2D eigenvalue weighted by atomic mass is 10.2. The first-order valence-electron chi connectivity index (χ1n) is 5.27. The molecule has 0 saturated carbocycles. The molecule has 6 heteroatoms. The second-order valence-electron chi connectivity index (χ2n) is 3.71. The molecule has 0 N–H and O–H groups in total. The number of halogens is 3. The molecular weight excluding hydrogens is 320 g/mol. The van der Waals surface area contributed by atoms with E-state index in [0.29, 0.717) is 4.47 Å². The molecule has 1 aromatic carbocycles. The Balaban J connectivity index is 2.45. The van der Waals surface area contributed by atoms with Crippen LogP contribution >= 0.6 is 15.9 Å². The zero-order valence-electron chi connectivity index (χ0n) is 9.78. The van der Waals surface area contributed by atoms with Crippen molar-refractivity contribution < 1.29 is 18.3 Å².